The number of alkyl halides is 2. The minimum atomic E-state index is -3.27. The van der Waals surface area contributed by atoms with E-state index in [0.717, 1.165) is 0 Å². The largest absolute Gasteiger partial charge is 0.465 e. The first-order valence-electron chi connectivity index (χ1n) is 11.7. The number of aromatic nitrogens is 1. The van der Waals surface area contributed by atoms with E-state index in [1.807, 2.05) is 0 Å². The number of nitrogens with zero attached hydrogens (tertiary/aromatic N) is 2. The van der Waals surface area contributed by atoms with Crippen LogP contribution in [0.5, 0.6) is 5.75 Å². The Hall–Kier alpha value is -3.19. The van der Waals surface area contributed by atoms with Crippen LogP contribution in [0.15, 0.2) is 35.5 Å². The maximum Gasteiger partial charge on any atom is 0.410 e. The molecule has 2 aliphatic heterocycles. The van der Waals surface area contributed by atoms with Crippen LogP contribution in [-0.2, 0) is 22.2 Å². The van der Waals surface area contributed by atoms with Crippen molar-refractivity contribution in [3.63, 3.8) is 0 Å². The van der Waals surface area contributed by atoms with Gasteiger partial charge in [-0.25, -0.2) is 9.18 Å². The summed E-state index contributed by atoms with van der Waals surface area (Å²) in [7, 11) is -3.27. The number of aryl methyl sites for hydroxylation is 1. The predicted molar refractivity (Wildman–Crippen MR) is 135 cm³/mol. The number of rotatable bonds is 6. The van der Waals surface area contributed by atoms with Crippen LogP contribution in [0.1, 0.15) is 44.0 Å². The molecule has 0 saturated carbocycles. The lowest BCUT2D eigenvalue weighted by Gasteiger charge is -2.51. The number of pyridine rings is 1. The van der Waals surface area contributed by atoms with Crippen LogP contribution in [0, 0.1) is 12.7 Å². The SMILES string of the molecule is Cc1cc(OC(F)F)cnc1CNc1ccc(F)c([C@@]2(C)N=C(NC(=O)O)C(C)(C)[SH]3(=O)NCC[C@@H]23)c1. The monoisotopic (exact) mass is 541 g/mol. The second-order valence-corrected chi connectivity index (χ2v) is 13.2. The number of benzene rings is 1. The third-order valence-corrected chi connectivity index (χ3v) is 11.4. The Kier molecular flexibility index (Phi) is 6.97. The quantitative estimate of drug-likeness (QED) is 0.355. The van der Waals surface area contributed by atoms with Crippen LogP contribution >= 0.6 is 0 Å². The molecule has 1 amide bonds. The van der Waals surface area contributed by atoms with Gasteiger partial charge in [0.15, 0.2) is 0 Å². The zero-order valence-electron chi connectivity index (χ0n) is 20.8. The first-order valence-corrected chi connectivity index (χ1v) is 13.4. The molecule has 4 N–H and O–H groups in total. The predicted octanol–water partition coefficient (Wildman–Crippen LogP) is 3.71. The molecule has 1 saturated heterocycles. The highest BCUT2D eigenvalue weighted by Gasteiger charge is 2.59. The van der Waals surface area contributed by atoms with E-state index in [0.29, 0.717) is 29.9 Å². The molecule has 2 atom stereocenters. The molecule has 0 radical (unpaired) electrons. The average molecular weight is 542 g/mol. The summed E-state index contributed by atoms with van der Waals surface area (Å²) in [6, 6.07) is 5.83. The van der Waals surface area contributed by atoms with Gasteiger partial charge in [-0.05, 0) is 74.1 Å². The molecule has 0 spiro atoms. The van der Waals surface area contributed by atoms with Gasteiger partial charge in [-0.3, -0.25) is 24.2 Å². The van der Waals surface area contributed by atoms with Gasteiger partial charge < -0.3 is 15.2 Å². The molecule has 2 aromatic rings. The summed E-state index contributed by atoms with van der Waals surface area (Å²) >= 11 is 0. The lowest BCUT2D eigenvalue weighted by atomic mass is 9.85. The van der Waals surface area contributed by atoms with Gasteiger partial charge in [0.1, 0.15) is 22.9 Å². The first kappa shape index (κ1) is 26.9. The number of carbonyl (C=O) groups is 1. The van der Waals surface area contributed by atoms with Crippen LogP contribution in [0.25, 0.3) is 0 Å². The number of ether oxygens (including phenoxy) is 1. The number of hydrogen-bond acceptors (Lipinski definition) is 6. The fourth-order valence-electron chi connectivity index (χ4n) is 5.14. The van der Waals surface area contributed by atoms with Gasteiger partial charge in [-0.1, -0.05) is 0 Å². The Bertz CT molecular complexity index is 1310. The molecule has 1 aromatic heterocycles. The van der Waals surface area contributed by atoms with Crippen LogP contribution < -0.4 is 20.1 Å². The van der Waals surface area contributed by atoms with Crippen molar-refractivity contribution in [1.29, 1.82) is 0 Å². The number of anilines is 1. The van der Waals surface area contributed by atoms with Crippen molar-refractivity contribution >= 4 is 27.7 Å². The minimum Gasteiger partial charge on any atom is -0.465 e. The van der Waals surface area contributed by atoms with Crippen molar-refractivity contribution in [3.05, 3.63) is 53.1 Å². The van der Waals surface area contributed by atoms with Crippen LogP contribution in [0.2, 0.25) is 0 Å². The van der Waals surface area contributed by atoms with Gasteiger partial charge in [0, 0.05) is 17.8 Å². The van der Waals surface area contributed by atoms with Gasteiger partial charge in [0.25, 0.3) is 0 Å². The maximum atomic E-state index is 15.3. The van der Waals surface area contributed by atoms with Gasteiger partial charge in [-0.2, -0.15) is 8.78 Å². The lowest BCUT2D eigenvalue weighted by molar-refractivity contribution is -0.0501. The molecule has 1 aromatic carbocycles. The Labute approximate surface area is 213 Å². The standard InChI is InChI=1S/C24H30F3N5O4S/c1-13-9-15(36-21(26)27)11-29-18(13)12-28-14-5-6-17(25)16(10-14)24(4)19-7-8-30-37(19,35)23(2,3)20(32-24)31-22(33)34/h5-6,9-11,19,21,28,37H,7-8,12H2,1-4H3,(H,30,35)(H,31,32)(H,33,34)/t19-,24+/m0/s1. The molecule has 2 aliphatic rings. The van der Waals surface area contributed by atoms with Crippen molar-refractivity contribution in [1.82, 2.24) is 15.0 Å². The van der Waals surface area contributed by atoms with Gasteiger partial charge >= 0.3 is 12.7 Å². The summed E-state index contributed by atoms with van der Waals surface area (Å²) in [6.45, 7) is 4.43. The lowest BCUT2D eigenvalue weighted by Crippen LogP contribution is -2.65. The van der Waals surface area contributed by atoms with E-state index in [1.165, 1.54) is 24.4 Å². The molecule has 0 unspecified atom stereocenters. The van der Waals surface area contributed by atoms with Crippen molar-refractivity contribution in [2.75, 3.05) is 11.9 Å². The van der Waals surface area contributed by atoms with Crippen LogP contribution in [0.3, 0.4) is 0 Å². The Morgan fingerprint density at radius 2 is 2.05 bits per heavy atom. The summed E-state index contributed by atoms with van der Waals surface area (Å²) in [6.07, 6.45) is 0.337. The molecule has 4 rings (SSSR count). The second-order valence-electron chi connectivity index (χ2n) is 9.83. The number of amidine groups is 1. The molecular weight excluding hydrogens is 511 g/mol. The maximum absolute atomic E-state index is 15.3. The smallest absolute Gasteiger partial charge is 0.410 e. The molecule has 1 fully saturated rings. The molecule has 3 heterocycles. The third-order valence-electron chi connectivity index (χ3n) is 7.19. The number of hydrogen-bond donors (Lipinski definition) is 5. The highest BCUT2D eigenvalue weighted by Crippen LogP contribution is 2.49. The van der Waals surface area contributed by atoms with E-state index in [4.69, 9.17) is 0 Å². The van der Waals surface area contributed by atoms with Crippen LogP contribution in [0.4, 0.5) is 23.7 Å². The normalized spacial score (nSPS) is 24.6. The van der Waals surface area contributed by atoms with Gasteiger partial charge in [-0.15, -0.1) is 0 Å². The van der Waals surface area contributed by atoms with E-state index in [2.05, 4.69) is 30.1 Å². The molecule has 37 heavy (non-hydrogen) atoms. The van der Waals surface area contributed by atoms with Gasteiger partial charge in [0.05, 0.1) is 28.4 Å². The molecular formula is C24H30F3N5O4S. The highest BCUT2D eigenvalue weighted by molar-refractivity contribution is 8.04. The van der Waals surface area contributed by atoms with E-state index in [-0.39, 0.29) is 23.7 Å². The molecule has 9 nitrogen and oxygen atoms in total. The van der Waals surface area contributed by atoms with Crippen molar-refractivity contribution < 1.29 is 32.0 Å². The number of halogens is 3. The number of fused-ring (bicyclic) bond motifs is 1. The first-order chi connectivity index (χ1) is 17.3. The fraction of sp³-hybridized carbons (Fsp3) is 0.458. The van der Waals surface area contributed by atoms with Gasteiger partial charge in [0.2, 0.25) is 0 Å². The summed E-state index contributed by atoms with van der Waals surface area (Å²) in [5, 5.41) is 14.3. The van der Waals surface area contributed by atoms with E-state index in [1.54, 1.807) is 33.8 Å². The fourth-order valence-corrected chi connectivity index (χ4v) is 8.82. The summed E-state index contributed by atoms with van der Waals surface area (Å²) < 4.78 is 60.8. The summed E-state index contributed by atoms with van der Waals surface area (Å²) in [5.74, 6) is -0.598. The Morgan fingerprint density at radius 3 is 2.70 bits per heavy atom. The second kappa shape index (κ2) is 9.60. The van der Waals surface area contributed by atoms with Crippen molar-refractivity contribution in [2.45, 2.75) is 62.8 Å². The third kappa shape index (κ3) is 4.77. The molecule has 13 heteroatoms. The number of nitrogens with one attached hydrogen (secondary N) is 3. The van der Waals surface area contributed by atoms with E-state index >= 15 is 4.39 Å². The molecule has 0 bridgehead atoms. The Morgan fingerprint density at radius 1 is 1.32 bits per heavy atom. The summed E-state index contributed by atoms with van der Waals surface area (Å²) in [4.78, 5) is 20.4. The van der Waals surface area contributed by atoms with Crippen molar-refractivity contribution in [3.8, 4) is 5.75 Å². The van der Waals surface area contributed by atoms with Crippen molar-refractivity contribution in [2.24, 2.45) is 4.99 Å². The molecule has 0 aliphatic carbocycles. The number of carboxylic acid groups (broad SMARTS) is 1. The van der Waals surface area contributed by atoms with Crippen LogP contribution in [-0.4, -0.2) is 49.4 Å². The Balaban J connectivity index is 1.68. The number of thiol groups is 1. The van der Waals surface area contributed by atoms with E-state index < -0.39 is 44.2 Å². The number of aliphatic imine (C=N–C) groups is 1. The van der Waals surface area contributed by atoms with E-state index in [9.17, 15) is 22.9 Å². The number of amides is 1. The minimum absolute atomic E-state index is 0.0141. The zero-order valence-corrected chi connectivity index (χ0v) is 21.7. The summed E-state index contributed by atoms with van der Waals surface area (Å²) in [5.41, 5.74) is 0.601. The topological polar surface area (TPSA) is 125 Å². The average Bonchev–Trinajstić information content (AvgIpc) is 3.22. The zero-order chi connectivity index (χ0) is 27.2. The molecule has 202 valence electrons. The highest BCUT2D eigenvalue weighted by atomic mass is 32.3.